The fourth-order valence-electron chi connectivity index (χ4n) is 2.40. The second-order valence-corrected chi connectivity index (χ2v) is 4.64. The van der Waals surface area contributed by atoms with Crippen molar-refractivity contribution in [3.05, 3.63) is 28.6 Å². The van der Waals surface area contributed by atoms with E-state index in [1.165, 1.54) is 12.8 Å². The summed E-state index contributed by atoms with van der Waals surface area (Å²) in [7, 11) is 0. The van der Waals surface area contributed by atoms with Crippen molar-refractivity contribution in [2.24, 2.45) is 0 Å². The van der Waals surface area contributed by atoms with Crippen molar-refractivity contribution in [2.75, 3.05) is 11.4 Å². The van der Waals surface area contributed by atoms with Crippen LogP contribution in [-0.4, -0.2) is 12.6 Å². The van der Waals surface area contributed by atoms with Gasteiger partial charge >= 0.3 is 0 Å². The lowest BCUT2D eigenvalue weighted by molar-refractivity contribution is -0.590. The van der Waals surface area contributed by atoms with Crippen molar-refractivity contribution in [1.29, 1.82) is 0 Å². The summed E-state index contributed by atoms with van der Waals surface area (Å²) in [4.78, 5) is 2.20. The molecule has 0 aromatic carbocycles. The Bertz CT molecular complexity index is 370. The Morgan fingerprint density at radius 3 is 3.06 bits per heavy atom. The van der Waals surface area contributed by atoms with Crippen molar-refractivity contribution in [3.63, 3.8) is 0 Å². The fourth-order valence-corrected chi connectivity index (χ4v) is 2.56. The van der Waals surface area contributed by atoms with Crippen LogP contribution in [0.5, 0.6) is 0 Å². The molecule has 1 aliphatic rings. The van der Waals surface area contributed by atoms with Gasteiger partial charge in [0.15, 0.2) is 5.15 Å². The van der Waals surface area contributed by atoms with Crippen molar-refractivity contribution in [2.45, 2.75) is 38.6 Å². The zero-order valence-electron chi connectivity index (χ0n) is 9.53. The van der Waals surface area contributed by atoms with E-state index in [9.17, 15) is 5.21 Å². The Kier molecular flexibility index (Phi) is 3.54. The summed E-state index contributed by atoms with van der Waals surface area (Å²) in [6.07, 6.45) is 4.66. The largest absolute Gasteiger partial charge is 0.710 e. The molecule has 0 radical (unpaired) electrons. The van der Waals surface area contributed by atoms with Gasteiger partial charge in [-0.3, -0.25) is 4.90 Å². The third-order valence-corrected chi connectivity index (χ3v) is 3.55. The molecule has 0 amide bonds. The van der Waals surface area contributed by atoms with E-state index in [1.54, 1.807) is 6.07 Å². The monoisotopic (exact) mass is 240 g/mol. The maximum Gasteiger partial charge on any atom is 0.281 e. The van der Waals surface area contributed by atoms with Gasteiger partial charge in [-0.25, -0.2) is 4.73 Å². The number of rotatable bonds is 2. The van der Waals surface area contributed by atoms with Gasteiger partial charge in [0.1, 0.15) is 0 Å². The summed E-state index contributed by atoms with van der Waals surface area (Å²) < 4.78 is 0.829. The minimum atomic E-state index is 0.248. The Labute approximate surface area is 101 Å². The number of pyridine rings is 1. The molecule has 2 rings (SSSR count). The third-order valence-electron chi connectivity index (χ3n) is 3.27. The number of piperidine rings is 1. The van der Waals surface area contributed by atoms with E-state index in [1.807, 2.05) is 12.1 Å². The van der Waals surface area contributed by atoms with Crippen LogP contribution in [0.4, 0.5) is 5.82 Å². The van der Waals surface area contributed by atoms with Crippen molar-refractivity contribution >= 4 is 17.4 Å². The highest BCUT2D eigenvalue weighted by Crippen LogP contribution is 2.24. The molecule has 1 aromatic rings. The number of aromatic nitrogens is 1. The summed E-state index contributed by atoms with van der Waals surface area (Å²) in [6, 6.07) is 5.80. The van der Waals surface area contributed by atoms with E-state index in [2.05, 4.69) is 11.8 Å². The van der Waals surface area contributed by atoms with Crippen molar-refractivity contribution in [3.8, 4) is 0 Å². The Hall–Kier alpha value is -0.960. The molecule has 0 N–H and O–H groups in total. The third kappa shape index (κ3) is 2.09. The molecule has 0 bridgehead atoms. The summed E-state index contributed by atoms with van der Waals surface area (Å²) in [5.74, 6) is 0.694. The highest BCUT2D eigenvalue weighted by molar-refractivity contribution is 6.28. The minimum Gasteiger partial charge on any atom is -0.710 e. The first-order valence-corrected chi connectivity index (χ1v) is 6.26. The van der Waals surface area contributed by atoms with Gasteiger partial charge in [-0.15, -0.1) is 0 Å². The quantitative estimate of drug-likeness (QED) is 0.452. The molecular formula is C12H17ClN2O. The maximum atomic E-state index is 11.9. The minimum absolute atomic E-state index is 0.248. The Morgan fingerprint density at radius 2 is 2.31 bits per heavy atom. The molecule has 4 heteroatoms. The molecule has 1 fully saturated rings. The summed E-state index contributed by atoms with van der Waals surface area (Å²) >= 11 is 5.85. The summed E-state index contributed by atoms with van der Waals surface area (Å²) in [5.41, 5.74) is 0. The second-order valence-electron chi connectivity index (χ2n) is 4.25. The number of nitrogens with zero attached hydrogens (tertiary/aromatic N) is 2. The SMILES string of the molecule is CCC1CCCCN1c1cccc(Cl)[n+]1[O-]. The zero-order valence-corrected chi connectivity index (χ0v) is 10.3. The van der Waals surface area contributed by atoms with E-state index >= 15 is 0 Å². The number of halogens is 1. The standard InChI is InChI=1S/C12H17ClN2O/c1-2-10-6-3-4-9-14(10)12-8-5-7-11(13)15(12)16/h5,7-8,10H,2-4,6,9H2,1H3. The molecule has 3 nitrogen and oxygen atoms in total. The average Bonchev–Trinajstić information content (AvgIpc) is 2.33. The molecule has 1 unspecified atom stereocenters. The van der Waals surface area contributed by atoms with Gasteiger partial charge in [-0.1, -0.05) is 6.92 Å². The van der Waals surface area contributed by atoms with Crippen LogP contribution in [0.3, 0.4) is 0 Å². The number of hydrogen-bond acceptors (Lipinski definition) is 2. The molecule has 2 heterocycles. The van der Waals surface area contributed by atoms with Gasteiger partial charge in [-0.05, 0) is 49.4 Å². The first-order valence-electron chi connectivity index (χ1n) is 5.88. The molecule has 0 saturated carbocycles. The van der Waals surface area contributed by atoms with Crippen LogP contribution >= 0.6 is 11.6 Å². The van der Waals surface area contributed by atoms with Crippen LogP contribution in [0.1, 0.15) is 32.6 Å². The van der Waals surface area contributed by atoms with Crippen LogP contribution in [0.25, 0.3) is 0 Å². The van der Waals surface area contributed by atoms with E-state index in [0.29, 0.717) is 11.9 Å². The van der Waals surface area contributed by atoms with Crippen LogP contribution in [0, 0.1) is 5.21 Å². The van der Waals surface area contributed by atoms with Gasteiger partial charge in [0.05, 0.1) is 12.6 Å². The molecule has 1 atom stereocenters. The highest BCUT2D eigenvalue weighted by Gasteiger charge is 2.29. The zero-order chi connectivity index (χ0) is 11.5. The highest BCUT2D eigenvalue weighted by atomic mass is 35.5. The van der Waals surface area contributed by atoms with Crippen LogP contribution in [0.15, 0.2) is 18.2 Å². The molecular weight excluding hydrogens is 224 g/mol. The van der Waals surface area contributed by atoms with Crippen LogP contribution in [0.2, 0.25) is 5.15 Å². The first kappa shape index (κ1) is 11.5. The van der Waals surface area contributed by atoms with E-state index < -0.39 is 0 Å². The van der Waals surface area contributed by atoms with Crippen molar-refractivity contribution < 1.29 is 4.73 Å². The van der Waals surface area contributed by atoms with Gasteiger partial charge in [0.2, 0.25) is 0 Å². The summed E-state index contributed by atoms with van der Waals surface area (Å²) in [6.45, 7) is 3.13. The Morgan fingerprint density at radius 1 is 1.50 bits per heavy atom. The molecule has 1 aliphatic heterocycles. The number of anilines is 1. The molecule has 0 spiro atoms. The lowest BCUT2D eigenvalue weighted by Gasteiger charge is -2.31. The Balaban J connectivity index is 2.30. The molecule has 88 valence electrons. The van der Waals surface area contributed by atoms with E-state index in [4.69, 9.17) is 11.6 Å². The predicted octanol–water partition coefficient (Wildman–Crippen LogP) is 2.74. The fraction of sp³-hybridized carbons (Fsp3) is 0.583. The lowest BCUT2D eigenvalue weighted by Crippen LogP contribution is -2.46. The number of hydrogen-bond donors (Lipinski definition) is 0. The topological polar surface area (TPSA) is 30.2 Å². The van der Waals surface area contributed by atoms with Gasteiger partial charge in [0.25, 0.3) is 5.82 Å². The van der Waals surface area contributed by atoms with Crippen LogP contribution < -0.4 is 9.63 Å². The molecule has 1 aromatic heterocycles. The van der Waals surface area contributed by atoms with Crippen molar-refractivity contribution in [1.82, 2.24) is 0 Å². The maximum absolute atomic E-state index is 11.9. The van der Waals surface area contributed by atoms with E-state index in [-0.39, 0.29) is 5.15 Å². The first-order chi connectivity index (χ1) is 7.74. The van der Waals surface area contributed by atoms with Gasteiger partial charge in [0, 0.05) is 6.07 Å². The summed E-state index contributed by atoms with van der Waals surface area (Å²) in [5, 5.41) is 12.1. The molecule has 16 heavy (non-hydrogen) atoms. The lowest BCUT2D eigenvalue weighted by atomic mass is 10.00. The average molecular weight is 241 g/mol. The smallest absolute Gasteiger partial charge is 0.281 e. The normalized spacial score (nSPS) is 21.1. The van der Waals surface area contributed by atoms with Gasteiger partial charge < -0.3 is 5.21 Å². The van der Waals surface area contributed by atoms with Crippen LogP contribution in [-0.2, 0) is 0 Å². The molecule has 1 saturated heterocycles. The molecule has 0 aliphatic carbocycles. The van der Waals surface area contributed by atoms with E-state index in [0.717, 1.165) is 24.1 Å². The second kappa shape index (κ2) is 4.91. The van der Waals surface area contributed by atoms with Gasteiger partial charge in [-0.2, -0.15) is 0 Å². The predicted molar refractivity (Wildman–Crippen MR) is 65.7 cm³/mol.